The van der Waals surface area contributed by atoms with Crippen LogP contribution in [0.25, 0.3) is 0 Å². The van der Waals surface area contributed by atoms with Crippen LogP contribution in [0.1, 0.15) is 32.1 Å². The second-order valence-electron chi connectivity index (χ2n) is 4.08. The third kappa shape index (κ3) is 2.72. The normalized spacial score (nSPS) is 17.5. The third-order valence-corrected chi connectivity index (χ3v) is 3.02. The molecule has 0 saturated heterocycles. The molecule has 0 aliphatic heterocycles. The fraction of sp³-hybridized carbons (Fsp3) is 0.727. The maximum absolute atomic E-state index is 11.8. The second-order valence-corrected chi connectivity index (χ2v) is 4.08. The quantitative estimate of drug-likeness (QED) is 0.720. The molecule has 1 rings (SSSR count). The van der Waals surface area contributed by atoms with Crippen molar-refractivity contribution in [2.24, 2.45) is 5.41 Å². The van der Waals surface area contributed by atoms with E-state index >= 15 is 0 Å². The number of amides is 2. The summed E-state index contributed by atoms with van der Waals surface area (Å²) in [5.74, 6) is -0.339. The summed E-state index contributed by atoms with van der Waals surface area (Å²) >= 11 is 0. The summed E-state index contributed by atoms with van der Waals surface area (Å²) in [4.78, 5) is 22.7. The Morgan fingerprint density at radius 1 is 1.38 bits per heavy atom. The summed E-state index contributed by atoms with van der Waals surface area (Å²) in [6, 6.07) is 2.12. The fourth-order valence-electron chi connectivity index (χ4n) is 1.95. The van der Waals surface area contributed by atoms with Crippen LogP contribution < -0.4 is 10.6 Å². The first-order chi connectivity index (χ1) is 7.64. The number of carbonyl (C=O) groups excluding carboxylic acids is 2. The van der Waals surface area contributed by atoms with Gasteiger partial charge >= 0.3 is 0 Å². The van der Waals surface area contributed by atoms with Gasteiger partial charge in [-0.15, -0.1) is 0 Å². The minimum Gasteiger partial charge on any atom is -0.359 e. The van der Waals surface area contributed by atoms with Crippen molar-refractivity contribution >= 4 is 11.8 Å². The van der Waals surface area contributed by atoms with Crippen molar-refractivity contribution in [1.82, 2.24) is 10.6 Å². The number of rotatable bonds is 4. The molecule has 5 nitrogen and oxygen atoms in total. The van der Waals surface area contributed by atoms with Gasteiger partial charge in [0.1, 0.15) is 5.41 Å². The monoisotopic (exact) mass is 223 g/mol. The first-order valence-electron chi connectivity index (χ1n) is 5.55. The smallest absolute Gasteiger partial charge is 0.240 e. The van der Waals surface area contributed by atoms with Gasteiger partial charge in [-0.1, -0.05) is 12.8 Å². The Balaban J connectivity index is 2.40. The summed E-state index contributed by atoms with van der Waals surface area (Å²) in [6.45, 7) is 0.294. The van der Waals surface area contributed by atoms with E-state index in [1.807, 2.05) is 0 Å². The van der Waals surface area contributed by atoms with Gasteiger partial charge in [-0.05, 0) is 12.8 Å². The largest absolute Gasteiger partial charge is 0.359 e. The Kier molecular flexibility index (Phi) is 4.29. The first-order valence-corrected chi connectivity index (χ1v) is 5.55. The van der Waals surface area contributed by atoms with Crippen molar-refractivity contribution < 1.29 is 9.59 Å². The van der Waals surface area contributed by atoms with Gasteiger partial charge in [0, 0.05) is 20.0 Å². The molecule has 0 bridgehead atoms. The van der Waals surface area contributed by atoms with Gasteiger partial charge in [-0.2, -0.15) is 5.26 Å². The van der Waals surface area contributed by atoms with E-state index in [2.05, 4.69) is 16.7 Å². The van der Waals surface area contributed by atoms with Gasteiger partial charge < -0.3 is 10.6 Å². The summed E-state index contributed by atoms with van der Waals surface area (Å²) in [5, 5.41) is 14.2. The molecular weight excluding hydrogens is 206 g/mol. The van der Waals surface area contributed by atoms with Crippen LogP contribution in [0.2, 0.25) is 0 Å². The van der Waals surface area contributed by atoms with E-state index in [0.29, 0.717) is 19.4 Å². The molecule has 1 saturated carbocycles. The molecule has 0 spiro atoms. The van der Waals surface area contributed by atoms with Crippen LogP contribution in [0.15, 0.2) is 0 Å². The van der Waals surface area contributed by atoms with E-state index in [9.17, 15) is 9.59 Å². The molecule has 0 atom stereocenters. The molecule has 0 aromatic heterocycles. The number of carbonyl (C=O) groups is 2. The SMILES string of the molecule is CNC(=O)CCNC(=O)C1(C#N)CCCC1. The van der Waals surface area contributed by atoms with Crippen molar-refractivity contribution in [2.75, 3.05) is 13.6 Å². The van der Waals surface area contributed by atoms with Crippen molar-refractivity contribution in [2.45, 2.75) is 32.1 Å². The van der Waals surface area contributed by atoms with Crippen molar-refractivity contribution in [3.05, 3.63) is 0 Å². The zero-order valence-corrected chi connectivity index (χ0v) is 9.51. The fourth-order valence-corrected chi connectivity index (χ4v) is 1.95. The molecule has 16 heavy (non-hydrogen) atoms. The van der Waals surface area contributed by atoms with Gasteiger partial charge in [0.05, 0.1) is 6.07 Å². The molecule has 1 aliphatic rings. The zero-order chi connectivity index (χ0) is 12.0. The molecule has 0 aromatic carbocycles. The van der Waals surface area contributed by atoms with E-state index in [-0.39, 0.29) is 18.2 Å². The van der Waals surface area contributed by atoms with Gasteiger partial charge in [0.2, 0.25) is 11.8 Å². The predicted molar refractivity (Wildman–Crippen MR) is 58.2 cm³/mol. The molecule has 88 valence electrons. The molecule has 0 aromatic rings. The highest BCUT2D eigenvalue weighted by molar-refractivity contribution is 5.86. The molecule has 0 unspecified atom stereocenters. The summed E-state index contributed by atoms with van der Waals surface area (Å²) in [7, 11) is 1.55. The van der Waals surface area contributed by atoms with E-state index in [0.717, 1.165) is 12.8 Å². The van der Waals surface area contributed by atoms with Crippen molar-refractivity contribution in [3.8, 4) is 6.07 Å². The lowest BCUT2D eigenvalue weighted by atomic mass is 9.87. The predicted octanol–water partition coefficient (Wildman–Crippen LogP) is 0.323. The topological polar surface area (TPSA) is 82.0 Å². The number of hydrogen-bond donors (Lipinski definition) is 2. The second kappa shape index (κ2) is 5.50. The van der Waals surface area contributed by atoms with Crippen LogP contribution in [0.5, 0.6) is 0 Å². The van der Waals surface area contributed by atoms with Gasteiger partial charge in [0.25, 0.3) is 0 Å². The Morgan fingerprint density at radius 3 is 2.50 bits per heavy atom. The summed E-state index contributed by atoms with van der Waals surface area (Å²) in [5.41, 5.74) is -0.845. The molecule has 2 amide bonds. The highest BCUT2D eigenvalue weighted by Crippen LogP contribution is 2.37. The number of nitriles is 1. The number of nitrogens with one attached hydrogen (secondary N) is 2. The van der Waals surface area contributed by atoms with Crippen LogP contribution in [0, 0.1) is 16.7 Å². The minimum atomic E-state index is -0.845. The Hall–Kier alpha value is -1.57. The molecule has 5 heteroatoms. The first kappa shape index (κ1) is 12.5. The van der Waals surface area contributed by atoms with E-state index in [1.54, 1.807) is 7.05 Å². The molecule has 2 N–H and O–H groups in total. The lowest BCUT2D eigenvalue weighted by Gasteiger charge is -2.18. The Bertz CT molecular complexity index is 314. The van der Waals surface area contributed by atoms with E-state index < -0.39 is 5.41 Å². The zero-order valence-electron chi connectivity index (χ0n) is 9.51. The van der Waals surface area contributed by atoms with Crippen LogP contribution in [-0.4, -0.2) is 25.4 Å². The van der Waals surface area contributed by atoms with Gasteiger partial charge in [-0.3, -0.25) is 9.59 Å². The van der Waals surface area contributed by atoms with E-state index in [4.69, 9.17) is 5.26 Å². The van der Waals surface area contributed by atoms with Crippen molar-refractivity contribution in [1.29, 1.82) is 5.26 Å². The molecule has 0 heterocycles. The van der Waals surface area contributed by atoms with Crippen LogP contribution in [0.3, 0.4) is 0 Å². The standard InChI is InChI=1S/C11H17N3O2/c1-13-9(15)4-7-14-10(16)11(8-12)5-2-3-6-11/h2-7H2,1H3,(H,13,15)(H,14,16). The van der Waals surface area contributed by atoms with E-state index in [1.165, 1.54) is 0 Å². The Morgan fingerprint density at radius 2 is 2.00 bits per heavy atom. The average Bonchev–Trinajstić information content (AvgIpc) is 2.78. The molecule has 1 aliphatic carbocycles. The van der Waals surface area contributed by atoms with Crippen LogP contribution in [-0.2, 0) is 9.59 Å². The van der Waals surface area contributed by atoms with Crippen LogP contribution in [0.4, 0.5) is 0 Å². The lowest BCUT2D eigenvalue weighted by Crippen LogP contribution is -2.39. The maximum Gasteiger partial charge on any atom is 0.240 e. The third-order valence-electron chi connectivity index (χ3n) is 3.02. The van der Waals surface area contributed by atoms with Crippen molar-refractivity contribution in [3.63, 3.8) is 0 Å². The Labute approximate surface area is 95.2 Å². The molecule has 0 radical (unpaired) electrons. The number of nitrogens with zero attached hydrogens (tertiary/aromatic N) is 1. The number of hydrogen-bond acceptors (Lipinski definition) is 3. The van der Waals surface area contributed by atoms with Gasteiger partial charge in [-0.25, -0.2) is 0 Å². The maximum atomic E-state index is 11.8. The summed E-state index contributed by atoms with van der Waals surface area (Å²) in [6.07, 6.45) is 3.38. The highest BCUT2D eigenvalue weighted by Gasteiger charge is 2.41. The molecular formula is C11H17N3O2. The summed E-state index contributed by atoms with van der Waals surface area (Å²) < 4.78 is 0. The lowest BCUT2D eigenvalue weighted by molar-refractivity contribution is -0.128. The molecule has 1 fully saturated rings. The minimum absolute atomic E-state index is 0.113. The van der Waals surface area contributed by atoms with Gasteiger partial charge in [0.15, 0.2) is 0 Å². The highest BCUT2D eigenvalue weighted by atomic mass is 16.2. The average molecular weight is 223 g/mol. The van der Waals surface area contributed by atoms with Crippen LogP contribution >= 0.6 is 0 Å².